The van der Waals surface area contributed by atoms with Crippen LogP contribution in [0.15, 0.2) is 11.8 Å². The Kier molecular flexibility index (Phi) is 2.55. The summed E-state index contributed by atoms with van der Waals surface area (Å²) < 4.78 is 5.24. The minimum atomic E-state index is 0.123. The summed E-state index contributed by atoms with van der Waals surface area (Å²) >= 11 is 0. The molecule has 1 aliphatic carbocycles. The van der Waals surface area contributed by atoms with Crippen LogP contribution >= 0.6 is 0 Å². The van der Waals surface area contributed by atoms with Gasteiger partial charge in [-0.3, -0.25) is 4.79 Å². The van der Waals surface area contributed by atoms with Gasteiger partial charge in [-0.25, -0.2) is 0 Å². The number of carbonyl (C=O) groups is 1. The zero-order valence-corrected chi connectivity index (χ0v) is 8.02. The molecule has 0 aromatic heterocycles. The molecule has 2 nitrogen and oxygen atoms in total. The maximum absolute atomic E-state index is 11.3. The number of ether oxygens (including phenoxy) is 1. The van der Waals surface area contributed by atoms with Gasteiger partial charge in [-0.15, -0.1) is 0 Å². The Morgan fingerprint density at radius 1 is 1.58 bits per heavy atom. The van der Waals surface area contributed by atoms with Gasteiger partial charge in [0.25, 0.3) is 0 Å². The first kappa shape index (κ1) is 9.30. The second-order valence-corrected chi connectivity index (χ2v) is 3.85. The van der Waals surface area contributed by atoms with Crippen LogP contribution in [0.5, 0.6) is 0 Å². The molecule has 1 aliphatic rings. The highest BCUT2D eigenvalue weighted by atomic mass is 16.5. The van der Waals surface area contributed by atoms with Gasteiger partial charge in [0.1, 0.15) is 0 Å². The molecule has 12 heavy (non-hydrogen) atoms. The van der Waals surface area contributed by atoms with Crippen molar-refractivity contribution in [1.82, 2.24) is 0 Å². The van der Waals surface area contributed by atoms with E-state index in [-0.39, 0.29) is 11.2 Å². The van der Waals surface area contributed by atoms with E-state index in [1.165, 1.54) is 0 Å². The largest absolute Gasteiger partial charge is 0.490 e. The molecule has 0 N–H and O–H groups in total. The molecule has 0 aromatic rings. The Labute approximate surface area is 73.6 Å². The summed E-state index contributed by atoms with van der Waals surface area (Å²) in [6.45, 7) is 6.72. The average Bonchev–Trinajstić information content (AvgIpc) is 1.97. The van der Waals surface area contributed by atoms with Crippen molar-refractivity contribution < 1.29 is 9.53 Å². The van der Waals surface area contributed by atoms with Crippen LogP contribution in [-0.2, 0) is 9.53 Å². The minimum absolute atomic E-state index is 0.123. The molecule has 0 fully saturated rings. The zero-order chi connectivity index (χ0) is 9.19. The Morgan fingerprint density at radius 3 is 2.83 bits per heavy atom. The van der Waals surface area contributed by atoms with E-state index in [9.17, 15) is 4.79 Å². The predicted octanol–water partition coefficient (Wildman–Crippen LogP) is 2.30. The lowest BCUT2D eigenvalue weighted by Gasteiger charge is -2.25. The lowest BCUT2D eigenvalue weighted by Crippen LogP contribution is -2.21. The third kappa shape index (κ3) is 2.10. The molecule has 0 bridgehead atoms. The van der Waals surface area contributed by atoms with Gasteiger partial charge < -0.3 is 4.74 Å². The highest BCUT2D eigenvalue weighted by molar-refractivity contribution is 5.94. The Bertz CT molecular complexity index is 214. The molecule has 1 rings (SSSR count). The van der Waals surface area contributed by atoms with Crippen molar-refractivity contribution in [2.24, 2.45) is 5.41 Å². The van der Waals surface area contributed by atoms with E-state index in [2.05, 4.69) is 13.8 Å². The van der Waals surface area contributed by atoms with Crippen LogP contribution in [-0.4, -0.2) is 12.4 Å². The van der Waals surface area contributed by atoms with Crippen molar-refractivity contribution in [1.29, 1.82) is 0 Å². The minimum Gasteiger partial charge on any atom is -0.490 e. The number of hydrogen-bond acceptors (Lipinski definition) is 2. The molecule has 0 spiro atoms. The highest BCUT2D eigenvalue weighted by Crippen LogP contribution is 2.31. The third-order valence-electron chi connectivity index (χ3n) is 2.09. The van der Waals surface area contributed by atoms with Crippen LogP contribution in [0.2, 0.25) is 0 Å². The molecule has 0 amide bonds. The molecule has 0 unspecified atom stereocenters. The second-order valence-electron chi connectivity index (χ2n) is 3.85. The first-order valence-electron chi connectivity index (χ1n) is 4.44. The van der Waals surface area contributed by atoms with Crippen molar-refractivity contribution in [3.05, 3.63) is 11.8 Å². The van der Waals surface area contributed by atoms with Crippen molar-refractivity contribution in [2.45, 2.75) is 33.6 Å². The maximum Gasteiger partial charge on any atom is 0.197 e. The molecule has 0 aromatic carbocycles. The summed E-state index contributed by atoms with van der Waals surface area (Å²) in [5.41, 5.74) is 0.123. The Hall–Kier alpha value is -0.790. The van der Waals surface area contributed by atoms with Gasteiger partial charge in [0, 0.05) is 6.42 Å². The SMILES string of the molecule is CCOC1=CC(C)(C)CCC1=O. The van der Waals surface area contributed by atoms with Gasteiger partial charge in [0.15, 0.2) is 11.5 Å². The standard InChI is InChI=1S/C10H16O2/c1-4-12-9-7-10(2,3)6-5-8(9)11/h7H,4-6H2,1-3H3. The molecule has 2 heteroatoms. The molecule has 68 valence electrons. The van der Waals surface area contributed by atoms with Gasteiger partial charge in [0.05, 0.1) is 6.61 Å². The van der Waals surface area contributed by atoms with E-state index < -0.39 is 0 Å². The van der Waals surface area contributed by atoms with Crippen LogP contribution in [0.3, 0.4) is 0 Å². The average molecular weight is 168 g/mol. The predicted molar refractivity (Wildman–Crippen MR) is 47.7 cm³/mol. The molecule has 0 saturated heterocycles. The quantitative estimate of drug-likeness (QED) is 0.632. The fourth-order valence-electron chi connectivity index (χ4n) is 1.34. The third-order valence-corrected chi connectivity index (χ3v) is 2.09. The molecular weight excluding hydrogens is 152 g/mol. The van der Waals surface area contributed by atoms with E-state index in [4.69, 9.17) is 4.74 Å². The van der Waals surface area contributed by atoms with Gasteiger partial charge in [-0.1, -0.05) is 13.8 Å². The smallest absolute Gasteiger partial charge is 0.197 e. The number of allylic oxidation sites excluding steroid dienone is 2. The zero-order valence-electron chi connectivity index (χ0n) is 8.02. The Balaban J connectivity index is 2.78. The highest BCUT2D eigenvalue weighted by Gasteiger charge is 2.26. The first-order valence-corrected chi connectivity index (χ1v) is 4.44. The molecule has 0 radical (unpaired) electrons. The van der Waals surface area contributed by atoms with Gasteiger partial charge in [0.2, 0.25) is 0 Å². The molecule has 0 aliphatic heterocycles. The number of hydrogen-bond donors (Lipinski definition) is 0. The van der Waals surface area contributed by atoms with Crippen LogP contribution in [0.25, 0.3) is 0 Å². The summed E-state index contributed by atoms with van der Waals surface area (Å²) in [6.07, 6.45) is 3.50. The van der Waals surface area contributed by atoms with Crippen molar-refractivity contribution in [2.75, 3.05) is 6.61 Å². The summed E-state index contributed by atoms with van der Waals surface area (Å²) in [6, 6.07) is 0. The number of carbonyl (C=O) groups excluding carboxylic acids is 1. The van der Waals surface area contributed by atoms with E-state index in [0.717, 1.165) is 6.42 Å². The van der Waals surface area contributed by atoms with Crippen molar-refractivity contribution in [3.8, 4) is 0 Å². The first-order chi connectivity index (χ1) is 5.55. The van der Waals surface area contributed by atoms with Crippen LogP contribution in [0.4, 0.5) is 0 Å². The number of rotatable bonds is 2. The van der Waals surface area contributed by atoms with E-state index in [1.807, 2.05) is 13.0 Å². The molecule has 0 saturated carbocycles. The van der Waals surface area contributed by atoms with E-state index in [0.29, 0.717) is 18.8 Å². The fourth-order valence-corrected chi connectivity index (χ4v) is 1.34. The van der Waals surface area contributed by atoms with Crippen LogP contribution < -0.4 is 0 Å². The maximum atomic E-state index is 11.3. The van der Waals surface area contributed by atoms with Gasteiger partial charge in [-0.2, -0.15) is 0 Å². The van der Waals surface area contributed by atoms with E-state index in [1.54, 1.807) is 0 Å². The number of Topliss-reactive ketones (excluding diaryl/α,β-unsaturated/α-hetero) is 1. The van der Waals surface area contributed by atoms with Gasteiger partial charge in [-0.05, 0) is 24.8 Å². The van der Waals surface area contributed by atoms with Crippen LogP contribution in [0.1, 0.15) is 33.6 Å². The summed E-state index contributed by atoms with van der Waals surface area (Å²) in [4.78, 5) is 11.3. The van der Waals surface area contributed by atoms with Crippen molar-refractivity contribution in [3.63, 3.8) is 0 Å². The molecule has 0 atom stereocenters. The number of ketones is 1. The Morgan fingerprint density at radius 2 is 2.25 bits per heavy atom. The van der Waals surface area contributed by atoms with Crippen LogP contribution in [0, 0.1) is 5.41 Å². The van der Waals surface area contributed by atoms with Crippen molar-refractivity contribution >= 4 is 5.78 Å². The second kappa shape index (κ2) is 3.30. The lowest BCUT2D eigenvalue weighted by molar-refractivity contribution is -0.120. The fraction of sp³-hybridized carbons (Fsp3) is 0.700. The lowest BCUT2D eigenvalue weighted by atomic mass is 9.82. The molecular formula is C10H16O2. The monoisotopic (exact) mass is 168 g/mol. The topological polar surface area (TPSA) is 26.3 Å². The van der Waals surface area contributed by atoms with Gasteiger partial charge >= 0.3 is 0 Å². The summed E-state index contributed by atoms with van der Waals surface area (Å²) in [5, 5.41) is 0. The summed E-state index contributed by atoms with van der Waals surface area (Å²) in [5.74, 6) is 0.713. The normalized spacial score (nSPS) is 21.9. The summed E-state index contributed by atoms with van der Waals surface area (Å²) in [7, 11) is 0. The molecule has 0 heterocycles. The van der Waals surface area contributed by atoms with E-state index >= 15 is 0 Å².